The van der Waals surface area contributed by atoms with Crippen LogP contribution in [0.4, 0.5) is 5.69 Å². The highest BCUT2D eigenvalue weighted by atomic mass is 79.9. The molecule has 1 atom stereocenters. The molecular weight excluding hydrogens is 346 g/mol. The fourth-order valence-corrected chi connectivity index (χ4v) is 2.62. The number of benzene rings is 1. The highest BCUT2D eigenvalue weighted by molar-refractivity contribution is 9.10. The lowest BCUT2D eigenvalue weighted by Crippen LogP contribution is -2.56. The number of nitrogens with one attached hydrogen (secondary N) is 1. The molecule has 1 aromatic carbocycles. The van der Waals surface area contributed by atoms with E-state index in [1.54, 1.807) is 0 Å². The Kier molecular flexibility index (Phi) is 4.53. The lowest BCUT2D eigenvalue weighted by Gasteiger charge is -2.33. The molecule has 21 heavy (non-hydrogen) atoms. The van der Waals surface area contributed by atoms with Crippen molar-refractivity contribution in [1.29, 1.82) is 0 Å². The average molecular weight is 358 g/mol. The Balaban J connectivity index is 2.34. The third-order valence-electron chi connectivity index (χ3n) is 3.13. The predicted molar refractivity (Wildman–Crippen MR) is 76.1 cm³/mol. The van der Waals surface area contributed by atoms with E-state index in [0.29, 0.717) is 11.0 Å². The molecule has 1 saturated heterocycles. The van der Waals surface area contributed by atoms with E-state index in [9.17, 15) is 19.7 Å². The molecule has 0 aromatic heterocycles. The molecule has 2 rings (SSSR count). The lowest BCUT2D eigenvalue weighted by molar-refractivity contribution is -0.385. The van der Waals surface area contributed by atoms with Crippen molar-refractivity contribution in [3.05, 3.63) is 38.3 Å². The van der Waals surface area contributed by atoms with Crippen LogP contribution in [0, 0.1) is 10.1 Å². The first-order valence-corrected chi connectivity index (χ1v) is 6.89. The molecule has 1 heterocycles. The van der Waals surface area contributed by atoms with Crippen LogP contribution in [0.3, 0.4) is 0 Å². The maximum atomic E-state index is 12.4. The van der Waals surface area contributed by atoms with Crippen LogP contribution in [0.15, 0.2) is 22.7 Å². The second-order valence-electron chi connectivity index (χ2n) is 4.51. The third-order valence-corrected chi connectivity index (χ3v) is 3.59. The second-order valence-corrected chi connectivity index (χ2v) is 5.43. The number of nitro benzene ring substituents is 1. The number of non-ortho nitro benzene ring substituents is 1. The molecule has 0 radical (unpaired) electrons. The number of hydrogen-bond donors (Lipinski definition) is 2. The molecule has 1 aliphatic rings. The summed E-state index contributed by atoms with van der Waals surface area (Å²) in [6.07, 6.45) is 0. The van der Waals surface area contributed by atoms with Gasteiger partial charge in [-0.25, -0.2) is 4.79 Å². The third kappa shape index (κ3) is 3.37. The first-order chi connectivity index (χ1) is 9.90. The van der Waals surface area contributed by atoms with Gasteiger partial charge in [-0.05, 0) is 6.07 Å². The average Bonchev–Trinajstić information content (AvgIpc) is 2.45. The summed E-state index contributed by atoms with van der Waals surface area (Å²) in [6.45, 7) is 0.860. The van der Waals surface area contributed by atoms with E-state index in [1.807, 2.05) is 0 Å². The van der Waals surface area contributed by atoms with Crippen molar-refractivity contribution in [2.24, 2.45) is 0 Å². The van der Waals surface area contributed by atoms with E-state index < -0.39 is 22.8 Å². The summed E-state index contributed by atoms with van der Waals surface area (Å²) in [5.74, 6) is -1.65. The van der Waals surface area contributed by atoms with Crippen molar-refractivity contribution in [2.45, 2.75) is 6.04 Å². The zero-order valence-electron chi connectivity index (χ0n) is 10.8. The van der Waals surface area contributed by atoms with Gasteiger partial charge in [-0.15, -0.1) is 0 Å². The summed E-state index contributed by atoms with van der Waals surface area (Å²) in [7, 11) is 0. The molecule has 0 aliphatic carbocycles. The normalized spacial score (nSPS) is 18.3. The summed E-state index contributed by atoms with van der Waals surface area (Å²) in [4.78, 5) is 35.1. The number of rotatable bonds is 3. The number of aliphatic carboxylic acids is 1. The molecule has 1 unspecified atom stereocenters. The van der Waals surface area contributed by atoms with Gasteiger partial charge in [0.25, 0.3) is 11.6 Å². The van der Waals surface area contributed by atoms with Gasteiger partial charge in [0.05, 0.1) is 4.92 Å². The van der Waals surface area contributed by atoms with Gasteiger partial charge < -0.3 is 15.3 Å². The Morgan fingerprint density at radius 3 is 2.76 bits per heavy atom. The number of hydrogen-bond acceptors (Lipinski definition) is 5. The molecule has 1 aromatic rings. The predicted octanol–water partition coefficient (Wildman–Crippen LogP) is 0.856. The highest BCUT2D eigenvalue weighted by Crippen LogP contribution is 2.23. The molecular formula is C12H12BrN3O5. The van der Waals surface area contributed by atoms with Crippen molar-refractivity contribution in [3.63, 3.8) is 0 Å². The summed E-state index contributed by atoms with van der Waals surface area (Å²) in [5, 5.41) is 22.9. The van der Waals surface area contributed by atoms with E-state index in [-0.39, 0.29) is 24.3 Å². The minimum Gasteiger partial charge on any atom is -0.480 e. The van der Waals surface area contributed by atoms with E-state index >= 15 is 0 Å². The highest BCUT2D eigenvalue weighted by Gasteiger charge is 2.33. The van der Waals surface area contributed by atoms with E-state index in [2.05, 4.69) is 21.2 Å². The number of carbonyl (C=O) groups is 2. The van der Waals surface area contributed by atoms with Gasteiger partial charge in [-0.2, -0.15) is 0 Å². The standard InChI is InChI=1S/C12H12BrN3O5/c13-8-3-7(4-9(5-8)16(20)21)11(17)15-2-1-14-6-10(15)12(18)19/h3-5,10,14H,1-2,6H2,(H,18,19). The number of nitrogens with zero attached hydrogens (tertiary/aromatic N) is 2. The van der Waals surface area contributed by atoms with Gasteiger partial charge in [-0.3, -0.25) is 14.9 Å². The number of carboxylic acids is 1. The van der Waals surface area contributed by atoms with Crippen molar-refractivity contribution < 1.29 is 19.6 Å². The first kappa shape index (κ1) is 15.4. The largest absolute Gasteiger partial charge is 0.480 e. The van der Waals surface area contributed by atoms with Crippen LogP contribution in [-0.4, -0.2) is 52.5 Å². The number of halogens is 1. The maximum Gasteiger partial charge on any atom is 0.327 e. The molecule has 0 saturated carbocycles. The molecule has 1 aliphatic heterocycles. The van der Waals surface area contributed by atoms with Crippen LogP contribution < -0.4 is 5.32 Å². The van der Waals surface area contributed by atoms with Crippen LogP contribution in [0.5, 0.6) is 0 Å². The number of nitro groups is 1. The number of carbonyl (C=O) groups excluding carboxylic acids is 1. The van der Waals surface area contributed by atoms with Crippen LogP contribution in [-0.2, 0) is 4.79 Å². The molecule has 0 spiro atoms. The quantitative estimate of drug-likeness (QED) is 0.612. The van der Waals surface area contributed by atoms with Crippen molar-refractivity contribution >= 4 is 33.5 Å². The van der Waals surface area contributed by atoms with E-state index in [4.69, 9.17) is 5.11 Å². The zero-order valence-corrected chi connectivity index (χ0v) is 12.4. The Labute approximate surface area is 128 Å². The fraction of sp³-hybridized carbons (Fsp3) is 0.333. The zero-order chi connectivity index (χ0) is 15.6. The van der Waals surface area contributed by atoms with Gasteiger partial charge >= 0.3 is 5.97 Å². The maximum absolute atomic E-state index is 12.4. The Morgan fingerprint density at radius 2 is 2.14 bits per heavy atom. The van der Waals surface area contributed by atoms with Crippen LogP contribution >= 0.6 is 15.9 Å². The van der Waals surface area contributed by atoms with Gasteiger partial charge in [-0.1, -0.05) is 15.9 Å². The van der Waals surface area contributed by atoms with Crippen molar-refractivity contribution in [3.8, 4) is 0 Å². The van der Waals surface area contributed by atoms with Gasteiger partial charge in [0.2, 0.25) is 0 Å². The Morgan fingerprint density at radius 1 is 1.43 bits per heavy atom. The topological polar surface area (TPSA) is 113 Å². The van der Waals surface area contributed by atoms with E-state index in [0.717, 1.165) is 6.07 Å². The molecule has 1 fully saturated rings. The molecule has 0 bridgehead atoms. The minimum atomic E-state index is -1.11. The van der Waals surface area contributed by atoms with Crippen LogP contribution in [0.1, 0.15) is 10.4 Å². The molecule has 8 nitrogen and oxygen atoms in total. The Hall–Kier alpha value is -2.00. The number of piperazine rings is 1. The van der Waals surface area contributed by atoms with Gasteiger partial charge in [0.15, 0.2) is 0 Å². The van der Waals surface area contributed by atoms with Crippen molar-refractivity contribution in [1.82, 2.24) is 10.2 Å². The summed E-state index contributed by atoms with van der Waals surface area (Å²) in [6, 6.07) is 2.89. The minimum absolute atomic E-state index is 0.0872. The Bertz CT molecular complexity index is 607. The van der Waals surface area contributed by atoms with Gasteiger partial charge in [0, 0.05) is 41.8 Å². The van der Waals surface area contributed by atoms with E-state index in [1.165, 1.54) is 17.0 Å². The number of amides is 1. The monoisotopic (exact) mass is 357 g/mol. The second kappa shape index (κ2) is 6.19. The molecule has 1 amide bonds. The first-order valence-electron chi connectivity index (χ1n) is 6.09. The lowest BCUT2D eigenvalue weighted by atomic mass is 10.1. The summed E-state index contributed by atoms with van der Waals surface area (Å²) >= 11 is 3.11. The number of carboxylic acid groups (broad SMARTS) is 1. The van der Waals surface area contributed by atoms with Crippen LogP contribution in [0.2, 0.25) is 0 Å². The van der Waals surface area contributed by atoms with Crippen LogP contribution in [0.25, 0.3) is 0 Å². The molecule has 112 valence electrons. The SMILES string of the molecule is O=C(O)C1CNCCN1C(=O)c1cc(Br)cc([N+](=O)[O-])c1. The van der Waals surface area contributed by atoms with Crippen molar-refractivity contribution in [2.75, 3.05) is 19.6 Å². The molecule has 2 N–H and O–H groups in total. The fourth-order valence-electron chi connectivity index (χ4n) is 2.14. The van der Waals surface area contributed by atoms with Gasteiger partial charge in [0.1, 0.15) is 6.04 Å². The summed E-state index contributed by atoms with van der Waals surface area (Å²) < 4.78 is 0.391. The molecule has 9 heteroatoms. The summed E-state index contributed by atoms with van der Waals surface area (Å²) in [5.41, 5.74) is -0.140. The smallest absolute Gasteiger partial charge is 0.327 e.